The highest BCUT2D eigenvalue weighted by atomic mass is 35.5. The molecule has 1 unspecified atom stereocenters. The van der Waals surface area contributed by atoms with Crippen LogP contribution in [0.5, 0.6) is 5.75 Å². The standard InChI is InChI=1S/C23H24ClF2NO3S/c1-3-15-5-8-17(9-6-15)23(24)18(14-31-27-23)13-30-22-19(25)11-16(12-20(22)26)7-10-21(28)29-4-2/h5-6,8-9,11-12,14,27H,3-4,7,10,13H2,1-2H3. The average Bonchev–Trinajstić information content (AvgIpc) is 3.13. The van der Waals surface area contributed by atoms with Gasteiger partial charge in [0, 0.05) is 12.0 Å². The maximum atomic E-state index is 14.5. The lowest BCUT2D eigenvalue weighted by atomic mass is 9.98. The predicted molar refractivity (Wildman–Crippen MR) is 119 cm³/mol. The molecule has 31 heavy (non-hydrogen) atoms. The Morgan fingerprint density at radius 2 is 1.81 bits per heavy atom. The number of ether oxygens (including phenoxy) is 2. The fourth-order valence-corrected chi connectivity index (χ4v) is 4.49. The summed E-state index contributed by atoms with van der Waals surface area (Å²) in [6, 6.07) is 10.2. The van der Waals surface area contributed by atoms with E-state index < -0.39 is 28.4 Å². The summed E-state index contributed by atoms with van der Waals surface area (Å²) in [6.45, 7) is 3.95. The van der Waals surface area contributed by atoms with Gasteiger partial charge in [-0.2, -0.15) is 0 Å². The van der Waals surface area contributed by atoms with Crippen molar-refractivity contribution in [2.45, 2.75) is 38.1 Å². The third kappa shape index (κ3) is 5.59. The third-order valence-corrected chi connectivity index (χ3v) is 6.45. The lowest BCUT2D eigenvalue weighted by molar-refractivity contribution is -0.143. The Bertz CT molecular complexity index is 945. The van der Waals surface area contributed by atoms with Gasteiger partial charge in [0.05, 0.1) is 6.61 Å². The Balaban J connectivity index is 1.69. The molecule has 4 nitrogen and oxygen atoms in total. The first-order valence-corrected chi connectivity index (χ1v) is 11.3. The van der Waals surface area contributed by atoms with Gasteiger partial charge in [0.2, 0.25) is 0 Å². The van der Waals surface area contributed by atoms with E-state index in [9.17, 15) is 13.6 Å². The second-order valence-electron chi connectivity index (χ2n) is 7.05. The fraction of sp³-hybridized carbons (Fsp3) is 0.348. The smallest absolute Gasteiger partial charge is 0.306 e. The van der Waals surface area contributed by atoms with E-state index in [1.54, 1.807) is 12.3 Å². The van der Waals surface area contributed by atoms with Crippen LogP contribution in [0.1, 0.15) is 37.0 Å². The van der Waals surface area contributed by atoms with Gasteiger partial charge in [-0.3, -0.25) is 4.79 Å². The van der Waals surface area contributed by atoms with Gasteiger partial charge in [-0.25, -0.2) is 13.5 Å². The zero-order chi connectivity index (χ0) is 22.4. The summed E-state index contributed by atoms with van der Waals surface area (Å²) in [5, 5.41) is 1.78. The van der Waals surface area contributed by atoms with Crippen LogP contribution >= 0.6 is 23.5 Å². The number of alkyl halides is 1. The first kappa shape index (κ1) is 23.6. The fourth-order valence-electron chi connectivity index (χ4n) is 3.20. The predicted octanol–water partition coefficient (Wildman–Crippen LogP) is 5.63. The maximum Gasteiger partial charge on any atom is 0.306 e. The summed E-state index contributed by atoms with van der Waals surface area (Å²) in [5.74, 6) is -2.54. The van der Waals surface area contributed by atoms with Crippen LogP contribution in [-0.2, 0) is 27.4 Å². The van der Waals surface area contributed by atoms with Gasteiger partial charge >= 0.3 is 5.97 Å². The van der Waals surface area contributed by atoms with E-state index >= 15 is 0 Å². The molecule has 0 aliphatic carbocycles. The van der Waals surface area contributed by atoms with Crippen molar-refractivity contribution in [2.75, 3.05) is 13.2 Å². The number of rotatable bonds is 9. The van der Waals surface area contributed by atoms with Crippen molar-refractivity contribution >= 4 is 29.5 Å². The molecular weight excluding hydrogens is 444 g/mol. The van der Waals surface area contributed by atoms with Crippen LogP contribution in [0.4, 0.5) is 8.78 Å². The Labute approximate surface area is 190 Å². The van der Waals surface area contributed by atoms with Crippen LogP contribution in [0.2, 0.25) is 0 Å². The Morgan fingerprint density at radius 3 is 2.42 bits per heavy atom. The summed E-state index contributed by atoms with van der Waals surface area (Å²) in [6.07, 6.45) is 1.14. The summed E-state index contributed by atoms with van der Waals surface area (Å²) in [4.78, 5) is 10.4. The number of aryl methyl sites for hydroxylation is 2. The highest BCUT2D eigenvalue weighted by Crippen LogP contribution is 2.42. The van der Waals surface area contributed by atoms with E-state index in [0.717, 1.165) is 12.0 Å². The maximum absolute atomic E-state index is 14.5. The van der Waals surface area contributed by atoms with E-state index in [4.69, 9.17) is 21.1 Å². The lowest BCUT2D eigenvalue weighted by Crippen LogP contribution is -2.33. The second kappa shape index (κ2) is 10.5. The molecule has 0 fully saturated rings. The van der Waals surface area contributed by atoms with Crippen molar-refractivity contribution < 1.29 is 23.0 Å². The highest BCUT2D eigenvalue weighted by Gasteiger charge is 2.38. The van der Waals surface area contributed by atoms with Crippen LogP contribution in [0, 0.1) is 11.6 Å². The van der Waals surface area contributed by atoms with Gasteiger partial charge in [-0.15, -0.1) is 0 Å². The largest absolute Gasteiger partial charge is 0.483 e. The molecule has 2 aromatic carbocycles. The molecular formula is C23H24ClF2NO3S. The number of hydrogen-bond acceptors (Lipinski definition) is 5. The molecule has 1 aliphatic rings. The van der Waals surface area contributed by atoms with Crippen molar-refractivity contribution in [3.63, 3.8) is 0 Å². The molecule has 0 saturated heterocycles. The lowest BCUT2D eigenvalue weighted by Gasteiger charge is -2.26. The Morgan fingerprint density at radius 1 is 1.13 bits per heavy atom. The molecule has 1 atom stereocenters. The van der Waals surface area contributed by atoms with Crippen molar-refractivity contribution in [2.24, 2.45) is 0 Å². The zero-order valence-corrected chi connectivity index (χ0v) is 18.9. The van der Waals surface area contributed by atoms with E-state index in [2.05, 4.69) is 11.6 Å². The second-order valence-corrected chi connectivity index (χ2v) is 8.30. The number of carbonyl (C=O) groups is 1. The SMILES string of the molecule is CCOC(=O)CCc1cc(F)c(OCC2=CSNC2(Cl)c2ccc(CC)cc2)c(F)c1. The number of carbonyl (C=O) groups excluding carboxylic acids is 1. The van der Waals surface area contributed by atoms with E-state index in [0.29, 0.717) is 11.1 Å². The van der Waals surface area contributed by atoms with Gasteiger partial charge < -0.3 is 9.47 Å². The van der Waals surface area contributed by atoms with Gasteiger partial charge in [-0.05, 0) is 54.0 Å². The molecule has 3 rings (SSSR count). The van der Waals surface area contributed by atoms with Crippen LogP contribution in [0.25, 0.3) is 0 Å². The Hall–Kier alpha value is -2.09. The number of halogens is 3. The molecule has 0 bridgehead atoms. The topological polar surface area (TPSA) is 47.6 Å². The molecule has 0 saturated carbocycles. The van der Waals surface area contributed by atoms with Crippen molar-refractivity contribution in [1.29, 1.82) is 0 Å². The minimum Gasteiger partial charge on any atom is -0.483 e. The molecule has 1 heterocycles. The molecule has 1 N–H and O–H groups in total. The van der Waals surface area contributed by atoms with Crippen LogP contribution in [0.3, 0.4) is 0 Å². The summed E-state index contributed by atoms with van der Waals surface area (Å²) < 4.78 is 42.5. The minimum atomic E-state index is -1.02. The minimum absolute atomic E-state index is 0.0499. The molecule has 1 aliphatic heterocycles. The van der Waals surface area contributed by atoms with Gasteiger partial charge in [0.1, 0.15) is 6.61 Å². The number of nitrogens with one attached hydrogen (secondary N) is 1. The quantitative estimate of drug-likeness (QED) is 0.224. The number of hydrogen-bond donors (Lipinski definition) is 1. The zero-order valence-electron chi connectivity index (χ0n) is 17.3. The van der Waals surface area contributed by atoms with Crippen LogP contribution in [0.15, 0.2) is 47.4 Å². The first-order valence-electron chi connectivity index (χ1n) is 10.0. The number of esters is 1. The van der Waals surface area contributed by atoms with Crippen LogP contribution in [-0.4, -0.2) is 19.2 Å². The van der Waals surface area contributed by atoms with Crippen molar-refractivity contribution in [3.8, 4) is 5.75 Å². The molecule has 0 aromatic heterocycles. The molecule has 0 amide bonds. The summed E-state index contributed by atoms with van der Waals surface area (Å²) in [7, 11) is 0. The van der Waals surface area contributed by atoms with Crippen molar-refractivity contribution in [3.05, 3.63) is 75.7 Å². The Kier molecular flexibility index (Phi) is 7.97. The molecule has 2 aromatic rings. The molecule has 0 radical (unpaired) electrons. The van der Waals surface area contributed by atoms with Gasteiger partial charge in [0.15, 0.2) is 22.4 Å². The molecule has 8 heteroatoms. The normalized spacial score (nSPS) is 18.0. The molecule has 166 valence electrons. The summed E-state index contributed by atoms with van der Waals surface area (Å²) in [5.41, 5.74) is 3.01. The van der Waals surface area contributed by atoms with Gasteiger partial charge in [0.25, 0.3) is 0 Å². The summed E-state index contributed by atoms with van der Waals surface area (Å²) >= 11 is 8.11. The van der Waals surface area contributed by atoms with Gasteiger partial charge in [-0.1, -0.05) is 54.7 Å². The monoisotopic (exact) mass is 467 g/mol. The van der Waals surface area contributed by atoms with Crippen molar-refractivity contribution in [1.82, 2.24) is 4.72 Å². The highest BCUT2D eigenvalue weighted by molar-refractivity contribution is 8.00. The van der Waals surface area contributed by atoms with Crippen LogP contribution < -0.4 is 9.46 Å². The third-order valence-electron chi connectivity index (χ3n) is 4.96. The van der Waals surface area contributed by atoms with E-state index in [-0.39, 0.29) is 26.1 Å². The average molecular weight is 468 g/mol. The first-order chi connectivity index (χ1) is 14.9. The molecule has 0 spiro atoms. The number of benzene rings is 2. The van der Waals surface area contributed by atoms with E-state index in [1.807, 2.05) is 24.3 Å². The van der Waals surface area contributed by atoms with E-state index in [1.165, 1.54) is 29.6 Å².